The van der Waals surface area contributed by atoms with Gasteiger partial charge >= 0.3 is 6.03 Å². The van der Waals surface area contributed by atoms with Crippen LogP contribution in [0.2, 0.25) is 0 Å². The van der Waals surface area contributed by atoms with Crippen molar-refractivity contribution in [1.29, 1.82) is 0 Å². The maximum atomic E-state index is 11.5. The highest BCUT2D eigenvalue weighted by molar-refractivity contribution is 7.11. The van der Waals surface area contributed by atoms with Crippen LogP contribution < -0.4 is 10.6 Å². The molecule has 5 heteroatoms. The monoisotopic (exact) mass is 256 g/mol. The average Bonchev–Trinajstić information content (AvgIpc) is 2.81. The molecule has 0 spiro atoms. The number of carbonyl (C=O) groups is 1. The fraction of sp³-hybridized carbons (Fsp3) is 0.583. The molecule has 17 heavy (non-hydrogen) atoms. The minimum absolute atomic E-state index is 0.0249. The van der Waals surface area contributed by atoms with Crippen LogP contribution in [-0.4, -0.2) is 23.8 Å². The quantitative estimate of drug-likeness (QED) is 0.728. The Labute approximate surface area is 106 Å². The number of hydrogen-bond donors (Lipinski definition) is 3. The van der Waals surface area contributed by atoms with Crippen molar-refractivity contribution < 1.29 is 9.90 Å². The normalized spacial score (nSPS) is 12.2. The molecule has 1 rings (SSSR count). The maximum Gasteiger partial charge on any atom is 0.315 e. The molecule has 1 aromatic rings. The number of amides is 2. The molecule has 0 aliphatic rings. The first-order valence-electron chi connectivity index (χ1n) is 5.92. The van der Waals surface area contributed by atoms with Crippen molar-refractivity contribution in [2.75, 3.05) is 6.61 Å². The average molecular weight is 256 g/mol. The first kappa shape index (κ1) is 14.0. The summed E-state index contributed by atoms with van der Waals surface area (Å²) in [7, 11) is 0. The summed E-state index contributed by atoms with van der Waals surface area (Å²) in [5, 5.41) is 14.5. The van der Waals surface area contributed by atoms with E-state index in [0.29, 0.717) is 6.54 Å². The van der Waals surface area contributed by atoms with Gasteiger partial charge in [-0.2, -0.15) is 0 Å². The van der Waals surface area contributed by atoms with E-state index in [9.17, 15) is 4.79 Å². The number of thiophene rings is 1. The molecule has 0 saturated heterocycles. The number of rotatable bonds is 6. The van der Waals surface area contributed by atoms with Crippen molar-refractivity contribution in [2.45, 2.75) is 39.3 Å². The van der Waals surface area contributed by atoms with Crippen LogP contribution in [0.5, 0.6) is 0 Å². The second kappa shape index (κ2) is 7.29. The molecule has 0 saturated carbocycles. The summed E-state index contributed by atoms with van der Waals surface area (Å²) in [6.07, 6.45) is 1.75. The number of aliphatic hydroxyl groups is 1. The fourth-order valence-corrected chi connectivity index (χ4v) is 2.29. The van der Waals surface area contributed by atoms with Gasteiger partial charge in [-0.25, -0.2) is 4.79 Å². The summed E-state index contributed by atoms with van der Waals surface area (Å²) in [4.78, 5) is 14.0. The molecule has 4 nitrogen and oxygen atoms in total. The lowest BCUT2D eigenvalue weighted by Gasteiger charge is -2.14. The highest BCUT2D eigenvalue weighted by Crippen LogP contribution is 2.16. The van der Waals surface area contributed by atoms with Crippen LogP contribution in [0, 0.1) is 0 Å². The Bertz CT molecular complexity index is 348. The third-order valence-electron chi connectivity index (χ3n) is 2.54. The first-order valence-corrected chi connectivity index (χ1v) is 6.74. The lowest BCUT2D eigenvalue weighted by Crippen LogP contribution is -2.43. The van der Waals surface area contributed by atoms with Gasteiger partial charge in [0.2, 0.25) is 0 Å². The van der Waals surface area contributed by atoms with Crippen LogP contribution in [0.3, 0.4) is 0 Å². The van der Waals surface area contributed by atoms with Gasteiger partial charge in [0.25, 0.3) is 0 Å². The van der Waals surface area contributed by atoms with Gasteiger partial charge in [-0.3, -0.25) is 0 Å². The molecular weight excluding hydrogens is 236 g/mol. The number of nitrogens with one attached hydrogen (secondary N) is 2. The van der Waals surface area contributed by atoms with E-state index in [-0.39, 0.29) is 18.7 Å². The largest absolute Gasteiger partial charge is 0.394 e. The van der Waals surface area contributed by atoms with Crippen molar-refractivity contribution in [1.82, 2.24) is 10.6 Å². The van der Waals surface area contributed by atoms with Crippen molar-refractivity contribution in [3.8, 4) is 0 Å². The smallest absolute Gasteiger partial charge is 0.315 e. The molecule has 1 atom stereocenters. The molecule has 96 valence electrons. The highest BCUT2D eigenvalue weighted by atomic mass is 32.1. The SMILES string of the molecule is CCc1ccc(CNC(=O)NC(CC)CO)s1. The van der Waals surface area contributed by atoms with Gasteiger partial charge < -0.3 is 15.7 Å². The molecule has 0 aliphatic carbocycles. The van der Waals surface area contributed by atoms with Crippen LogP contribution in [0.15, 0.2) is 12.1 Å². The van der Waals surface area contributed by atoms with Gasteiger partial charge in [0.15, 0.2) is 0 Å². The maximum absolute atomic E-state index is 11.5. The lowest BCUT2D eigenvalue weighted by molar-refractivity contribution is 0.214. The van der Waals surface area contributed by atoms with Gasteiger partial charge in [-0.1, -0.05) is 13.8 Å². The Hall–Kier alpha value is -1.07. The zero-order valence-corrected chi connectivity index (χ0v) is 11.1. The molecule has 1 unspecified atom stereocenters. The van der Waals surface area contributed by atoms with Gasteiger partial charge in [0, 0.05) is 9.75 Å². The lowest BCUT2D eigenvalue weighted by atomic mass is 10.2. The Morgan fingerprint density at radius 1 is 1.41 bits per heavy atom. The predicted octanol–water partition coefficient (Wildman–Crippen LogP) is 1.88. The van der Waals surface area contributed by atoms with Gasteiger partial charge in [0.1, 0.15) is 0 Å². The topological polar surface area (TPSA) is 61.4 Å². The fourth-order valence-electron chi connectivity index (χ4n) is 1.39. The van der Waals surface area contributed by atoms with E-state index in [0.717, 1.165) is 17.7 Å². The van der Waals surface area contributed by atoms with Crippen LogP contribution in [0.1, 0.15) is 30.0 Å². The molecular formula is C12H20N2O2S. The van der Waals surface area contributed by atoms with E-state index >= 15 is 0 Å². The van der Waals surface area contributed by atoms with Crippen molar-refractivity contribution in [3.63, 3.8) is 0 Å². The molecule has 0 bridgehead atoms. The van der Waals surface area contributed by atoms with Gasteiger partial charge in [0.05, 0.1) is 19.2 Å². The molecule has 0 aromatic carbocycles. The van der Waals surface area contributed by atoms with E-state index < -0.39 is 0 Å². The third kappa shape index (κ3) is 4.75. The predicted molar refractivity (Wildman–Crippen MR) is 70.2 cm³/mol. The summed E-state index contributed by atoms with van der Waals surface area (Å²) in [5.74, 6) is 0. The minimum atomic E-state index is -0.225. The molecule has 0 aliphatic heterocycles. The molecule has 1 heterocycles. The van der Waals surface area contributed by atoms with Crippen molar-refractivity contribution >= 4 is 17.4 Å². The van der Waals surface area contributed by atoms with Crippen molar-refractivity contribution in [2.24, 2.45) is 0 Å². The Morgan fingerprint density at radius 2 is 2.12 bits per heavy atom. The van der Waals surface area contributed by atoms with Crippen LogP contribution >= 0.6 is 11.3 Å². The van der Waals surface area contributed by atoms with Gasteiger partial charge in [-0.15, -0.1) is 11.3 Å². The molecule has 1 aromatic heterocycles. The Kier molecular flexibility index (Phi) is 6.00. The standard InChI is InChI=1S/C12H20N2O2S/c1-3-9(8-15)14-12(16)13-7-11-6-5-10(4-2)17-11/h5-6,9,15H,3-4,7-8H2,1-2H3,(H2,13,14,16). The van der Waals surface area contributed by atoms with E-state index in [1.165, 1.54) is 4.88 Å². The van der Waals surface area contributed by atoms with Crippen LogP contribution in [-0.2, 0) is 13.0 Å². The zero-order chi connectivity index (χ0) is 12.7. The Balaban J connectivity index is 2.32. The number of urea groups is 1. The summed E-state index contributed by atoms with van der Waals surface area (Å²) >= 11 is 1.71. The zero-order valence-electron chi connectivity index (χ0n) is 10.3. The van der Waals surface area contributed by atoms with E-state index in [2.05, 4.69) is 23.6 Å². The second-order valence-electron chi connectivity index (χ2n) is 3.84. The van der Waals surface area contributed by atoms with Gasteiger partial charge in [-0.05, 0) is 25.0 Å². The summed E-state index contributed by atoms with van der Waals surface area (Å²) in [5.41, 5.74) is 0. The van der Waals surface area contributed by atoms with Crippen LogP contribution in [0.25, 0.3) is 0 Å². The van der Waals surface area contributed by atoms with E-state index in [4.69, 9.17) is 5.11 Å². The second-order valence-corrected chi connectivity index (χ2v) is 5.09. The third-order valence-corrected chi connectivity index (χ3v) is 3.77. The summed E-state index contributed by atoms with van der Waals surface area (Å²) in [6, 6.07) is 3.73. The summed E-state index contributed by atoms with van der Waals surface area (Å²) in [6.45, 7) is 4.55. The number of carbonyl (C=O) groups excluding carboxylic acids is 1. The molecule has 0 radical (unpaired) electrons. The first-order chi connectivity index (χ1) is 8.19. The minimum Gasteiger partial charge on any atom is -0.394 e. The van der Waals surface area contributed by atoms with E-state index in [1.54, 1.807) is 11.3 Å². The Morgan fingerprint density at radius 3 is 2.65 bits per heavy atom. The van der Waals surface area contributed by atoms with Crippen LogP contribution in [0.4, 0.5) is 4.79 Å². The molecule has 3 N–H and O–H groups in total. The number of hydrogen-bond acceptors (Lipinski definition) is 3. The van der Waals surface area contributed by atoms with E-state index in [1.807, 2.05) is 13.0 Å². The molecule has 2 amide bonds. The number of aryl methyl sites for hydroxylation is 1. The number of aliphatic hydroxyl groups excluding tert-OH is 1. The van der Waals surface area contributed by atoms with Crippen molar-refractivity contribution in [3.05, 3.63) is 21.9 Å². The highest BCUT2D eigenvalue weighted by Gasteiger charge is 2.08. The summed E-state index contributed by atoms with van der Waals surface area (Å²) < 4.78 is 0. The molecule has 0 fully saturated rings.